The number of aromatic nitrogens is 1. The van der Waals surface area contributed by atoms with Crippen molar-refractivity contribution in [2.45, 2.75) is 26.5 Å². The molecule has 0 saturated heterocycles. The lowest BCUT2D eigenvalue weighted by Crippen LogP contribution is -2.48. The van der Waals surface area contributed by atoms with Gasteiger partial charge in [-0.05, 0) is 49.7 Å². The fraction of sp³-hybridized carbons (Fsp3) is 0.174. The predicted molar refractivity (Wildman–Crippen MR) is 121 cm³/mol. The van der Waals surface area contributed by atoms with E-state index in [1.165, 1.54) is 10.6 Å². The van der Waals surface area contributed by atoms with Gasteiger partial charge in [-0.3, -0.25) is 25.2 Å². The van der Waals surface area contributed by atoms with Crippen molar-refractivity contribution in [3.8, 4) is 5.75 Å². The Morgan fingerprint density at radius 2 is 1.84 bits per heavy atom. The van der Waals surface area contributed by atoms with Crippen LogP contribution in [0.2, 0.25) is 0 Å². The second-order valence-electron chi connectivity index (χ2n) is 7.00. The van der Waals surface area contributed by atoms with Crippen LogP contribution in [0, 0.1) is 6.92 Å². The smallest absolute Gasteiger partial charge is 0.279 e. The first-order chi connectivity index (χ1) is 14.8. The molecule has 0 saturated carbocycles. The predicted octanol–water partition coefficient (Wildman–Crippen LogP) is 3.20. The van der Waals surface area contributed by atoms with E-state index < -0.39 is 23.5 Å². The molecule has 0 aliphatic carbocycles. The van der Waals surface area contributed by atoms with Crippen molar-refractivity contribution in [2.75, 3.05) is 0 Å². The summed E-state index contributed by atoms with van der Waals surface area (Å²) in [6.07, 6.45) is 0.761. The highest BCUT2D eigenvalue weighted by Gasteiger charge is 2.18. The highest BCUT2D eigenvalue weighted by molar-refractivity contribution is 9.10. The number of carbonyl (C=O) groups is 2. The summed E-state index contributed by atoms with van der Waals surface area (Å²) in [5.41, 5.74) is 6.08. The summed E-state index contributed by atoms with van der Waals surface area (Å²) in [4.78, 5) is 37.4. The molecule has 1 atom stereocenters. The number of hydrazine groups is 1. The monoisotopic (exact) mass is 483 g/mol. The lowest BCUT2D eigenvalue weighted by atomic mass is 10.1. The molecule has 1 aromatic heterocycles. The maximum Gasteiger partial charge on any atom is 0.279 e. The summed E-state index contributed by atoms with van der Waals surface area (Å²) in [6, 6.07) is 17.9. The van der Waals surface area contributed by atoms with Crippen LogP contribution in [0.15, 0.2) is 76.1 Å². The Morgan fingerprint density at radius 3 is 2.58 bits per heavy atom. The van der Waals surface area contributed by atoms with Crippen LogP contribution in [0.25, 0.3) is 0 Å². The van der Waals surface area contributed by atoms with Crippen molar-refractivity contribution in [2.24, 2.45) is 0 Å². The van der Waals surface area contributed by atoms with E-state index in [0.29, 0.717) is 12.3 Å². The minimum atomic E-state index is -0.858. The summed E-state index contributed by atoms with van der Waals surface area (Å²) in [5.74, 6) is -0.749. The maximum absolute atomic E-state index is 12.7. The average molecular weight is 484 g/mol. The first kappa shape index (κ1) is 22.3. The van der Waals surface area contributed by atoms with Crippen molar-refractivity contribution in [3.63, 3.8) is 0 Å². The number of hydrogen-bond acceptors (Lipinski definition) is 4. The first-order valence-electron chi connectivity index (χ1n) is 9.61. The Hall–Kier alpha value is -3.39. The standard InChI is InChI=1S/C23H22BrN3O4/c1-15-6-3-7-17(12-15)14-27-11-5-10-20(23(27)30)22(29)26-25-21(28)16(2)31-19-9-4-8-18(24)13-19/h3-13,16H,14H2,1-2H3,(H,25,28)(H,26,29). The number of pyridine rings is 1. The van der Waals surface area contributed by atoms with Crippen molar-refractivity contribution in [3.05, 3.63) is 98.4 Å². The number of nitrogens with one attached hydrogen (secondary N) is 2. The van der Waals surface area contributed by atoms with Gasteiger partial charge in [-0.25, -0.2) is 0 Å². The number of halogens is 1. The van der Waals surface area contributed by atoms with E-state index in [-0.39, 0.29) is 5.56 Å². The van der Waals surface area contributed by atoms with Crippen LogP contribution in [0.4, 0.5) is 0 Å². The van der Waals surface area contributed by atoms with Gasteiger partial charge in [0.15, 0.2) is 6.10 Å². The lowest BCUT2D eigenvalue weighted by molar-refractivity contribution is -0.128. The third-order valence-electron chi connectivity index (χ3n) is 4.48. The van der Waals surface area contributed by atoms with Crippen LogP contribution in [0.5, 0.6) is 5.75 Å². The summed E-state index contributed by atoms with van der Waals surface area (Å²) in [5, 5.41) is 0. The molecule has 2 amide bonds. The van der Waals surface area contributed by atoms with Gasteiger partial charge in [0, 0.05) is 10.7 Å². The van der Waals surface area contributed by atoms with Gasteiger partial charge in [0.05, 0.1) is 6.54 Å². The van der Waals surface area contributed by atoms with Gasteiger partial charge in [0.1, 0.15) is 11.3 Å². The molecule has 0 radical (unpaired) electrons. The zero-order chi connectivity index (χ0) is 22.4. The third kappa shape index (κ3) is 6.05. The van der Waals surface area contributed by atoms with Gasteiger partial charge in [-0.15, -0.1) is 0 Å². The fourth-order valence-electron chi connectivity index (χ4n) is 2.93. The molecule has 0 fully saturated rings. The molecule has 0 aliphatic rings. The lowest BCUT2D eigenvalue weighted by Gasteiger charge is -2.15. The Morgan fingerprint density at radius 1 is 1.06 bits per heavy atom. The summed E-state index contributed by atoms with van der Waals surface area (Å²) in [7, 11) is 0. The first-order valence-corrected chi connectivity index (χ1v) is 10.4. The van der Waals surface area contributed by atoms with Gasteiger partial charge in [0.25, 0.3) is 17.4 Å². The molecule has 2 N–H and O–H groups in total. The minimum Gasteiger partial charge on any atom is -0.481 e. The molecule has 160 valence electrons. The molecule has 7 nitrogen and oxygen atoms in total. The van der Waals surface area contributed by atoms with E-state index in [1.807, 2.05) is 37.3 Å². The van der Waals surface area contributed by atoms with E-state index in [0.717, 1.165) is 15.6 Å². The van der Waals surface area contributed by atoms with Crippen LogP contribution in [0.3, 0.4) is 0 Å². The number of amides is 2. The molecule has 2 aromatic carbocycles. The van der Waals surface area contributed by atoms with Crippen LogP contribution in [-0.4, -0.2) is 22.5 Å². The topological polar surface area (TPSA) is 89.4 Å². The summed E-state index contributed by atoms with van der Waals surface area (Å²) in [6.45, 7) is 3.87. The summed E-state index contributed by atoms with van der Waals surface area (Å²) < 4.78 is 7.82. The average Bonchev–Trinajstić information content (AvgIpc) is 2.73. The Bertz CT molecular complexity index is 1160. The van der Waals surface area contributed by atoms with Crippen molar-refractivity contribution >= 4 is 27.7 Å². The highest BCUT2D eigenvalue weighted by atomic mass is 79.9. The van der Waals surface area contributed by atoms with E-state index in [4.69, 9.17) is 4.74 Å². The zero-order valence-electron chi connectivity index (χ0n) is 17.1. The molecule has 0 spiro atoms. The van der Waals surface area contributed by atoms with E-state index >= 15 is 0 Å². The molecule has 0 aliphatic heterocycles. The van der Waals surface area contributed by atoms with Gasteiger partial charge in [0.2, 0.25) is 0 Å². The van der Waals surface area contributed by atoms with E-state index in [9.17, 15) is 14.4 Å². The molecular weight excluding hydrogens is 462 g/mol. The largest absolute Gasteiger partial charge is 0.481 e. The highest BCUT2D eigenvalue weighted by Crippen LogP contribution is 2.18. The second-order valence-corrected chi connectivity index (χ2v) is 7.92. The van der Waals surface area contributed by atoms with Crippen LogP contribution in [0.1, 0.15) is 28.4 Å². The summed E-state index contributed by atoms with van der Waals surface area (Å²) >= 11 is 3.33. The SMILES string of the molecule is Cc1cccc(Cn2cccc(C(=O)NNC(=O)C(C)Oc3cccc(Br)c3)c2=O)c1. The number of nitrogens with zero attached hydrogens (tertiary/aromatic N) is 1. The molecule has 31 heavy (non-hydrogen) atoms. The molecule has 3 rings (SSSR count). The van der Waals surface area contributed by atoms with Crippen LogP contribution >= 0.6 is 15.9 Å². The Balaban J connectivity index is 1.62. The molecular formula is C23H22BrN3O4. The number of hydrogen-bond donors (Lipinski definition) is 2. The van der Waals surface area contributed by atoms with Crippen molar-refractivity contribution in [1.29, 1.82) is 0 Å². The molecule has 0 bridgehead atoms. The number of benzene rings is 2. The van der Waals surface area contributed by atoms with Crippen molar-refractivity contribution < 1.29 is 14.3 Å². The van der Waals surface area contributed by atoms with Crippen molar-refractivity contribution in [1.82, 2.24) is 15.4 Å². The molecule has 1 heterocycles. The van der Waals surface area contributed by atoms with E-state index in [2.05, 4.69) is 26.8 Å². The fourth-order valence-corrected chi connectivity index (χ4v) is 3.30. The molecule has 1 unspecified atom stereocenters. The van der Waals surface area contributed by atoms with Gasteiger partial charge >= 0.3 is 0 Å². The minimum absolute atomic E-state index is 0.0731. The van der Waals surface area contributed by atoms with Gasteiger partial charge < -0.3 is 9.30 Å². The zero-order valence-corrected chi connectivity index (χ0v) is 18.7. The normalized spacial score (nSPS) is 11.5. The third-order valence-corrected chi connectivity index (χ3v) is 4.97. The van der Waals surface area contributed by atoms with Gasteiger partial charge in [-0.2, -0.15) is 0 Å². The number of rotatable bonds is 6. The Kier molecular flexibility index (Phi) is 7.25. The number of carbonyl (C=O) groups excluding carboxylic acids is 2. The van der Waals surface area contributed by atoms with E-state index in [1.54, 1.807) is 37.4 Å². The number of aryl methyl sites for hydroxylation is 1. The molecule has 8 heteroatoms. The van der Waals surface area contributed by atoms with Gasteiger partial charge in [-0.1, -0.05) is 51.8 Å². The van der Waals surface area contributed by atoms with Crippen LogP contribution < -0.4 is 21.1 Å². The molecule has 3 aromatic rings. The second kappa shape index (κ2) is 10.1. The maximum atomic E-state index is 12.7. The van der Waals surface area contributed by atoms with Crippen LogP contribution in [-0.2, 0) is 11.3 Å². The number of ether oxygens (including phenoxy) is 1. The Labute approximate surface area is 188 Å². The quantitative estimate of drug-likeness (QED) is 0.526.